The molecule has 0 bridgehead atoms. The van der Waals surface area contributed by atoms with Crippen LogP contribution in [0.25, 0.3) is 0 Å². The molecule has 1 aromatic carbocycles. The molecule has 1 rings (SSSR count). The van der Waals surface area contributed by atoms with Gasteiger partial charge in [-0.2, -0.15) is 5.26 Å². The highest BCUT2D eigenvalue weighted by molar-refractivity contribution is 5.97. The first kappa shape index (κ1) is 17.0. The summed E-state index contributed by atoms with van der Waals surface area (Å²) in [5, 5.41) is 11.9. The molecular weight excluding hydrogens is 268 g/mol. The predicted molar refractivity (Wildman–Crippen MR) is 81.3 cm³/mol. The van der Waals surface area contributed by atoms with Gasteiger partial charge in [0.25, 0.3) is 5.91 Å². The van der Waals surface area contributed by atoms with Crippen molar-refractivity contribution in [2.45, 2.75) is 38.7 Å². The van der Waals surface area contributed by atoms with E-state index in [1.54, 1.807) is 25.1 Å². The number of hydrogen-bond donors (Lipinski definition) is 1. The van der Waals surface area contributed by atoms with Gasteiger partial charge in [0.05, 0.1) is 12.7 Å². The van der Waals surface area contributed by atoms with Gasteiger partial charge in [-0.15, -0.1) is 0 Å². The number of carbonyl (C=O) groups is 1. The molecule has 0 unspecified atom stereocenters. The van der Waals surface area contributed by atoms with Gasteiger partial charge in [-0.3, -0.25) is 4.79 Å². The zero-order chi connectivity index (χ0) is 15.9. The van der Waals surface area contributed by atoms with Crippen molar-refractivity contribution in [2.24, 2.45) is 0 Å². The monoisotopic (exact) mass is 290 g/mol. The first-order chi connectivity index (χ1) is 10.0. The van der Waals surface area contributed by atoms with Crippen molar-refractivity contribution in [1.82, 2.24) is 0 Å². The van der Waals surface area contributed by atoms with Gasteiger partial charge >= 0.3 is 0 Å². The number of amides is 1. The molecule has 0 aliphatic carbocycles. The number of hydrogen-bond acceptors (Lipinski definition) is 4. The summed E-state index contributed by atoms with van der Waals surface area (Å²) in [5.41, 5.74) is 0.0584. The Hall–Kier alpha value is -2.06. The summed E-state index contributed by atoms with van der Waals surface area (Å²) in [6.45, 7) is 3.84. The maximum atomic E-state index is 12.4. The number of anilines is 1. The third-order valence-electron chi connectivity index (χ3n) is 3.52. The number of ether oxygens (including phenoxy) is 2. The molecule has 21 heavy (non-hydrogen) atoms. The summed E-state index contributed by atoms with van der Waals surface area (Å²) in [5.74, 6) is 0.267. The summed E-state index contributed by atoms with van der Waals surface area (Å²) in [4.78, 5) is 12.4. The molecule has 0 fully saturated rings. The van der Waals surface area contributed by atoms with Crippen LogP contribution in [0.3, 0.4) is 0 Å². The average molecular weight is 290 g/mol. The van der Waals surface area contributed by atoms with Gasteiger partial charge in [0.1, 0.15) is 17.4 Å². The topological polar surface area (TPSA) is 71.3 Å². The van der Waals surface area contributed by atoms with E-state index < -0.39 is 5.60 Å². The van der Waals surface area contributed by atoms with Crippen LogP contribution in [0.5, 0.6) is 5.75 Å². The van der Waals surface area contributed by atoms with Gasteiger partial charge in [-0.25, -0.2) is 0 Å². The van der Waals surface area contributed by atoms with Crippen LogP contribution in [-0.2, 0) is 9.53 Å². The number of nitriles is 1. The van der Waals surface area contributed by atoms with E-state index in [2.05, 4.69) is 12.2 Å². The van der Waals surface area contributed by atoms with E-state index in [4.69, 9.17) is 14.7 Å². The van der Waals surface area contributed by atoms with Crippen molar-refractivity contribution < 1.29 is 14.3 Å². The molecule has 5 nitrogen and oxygen atoms in total. The molecule has 0 saturated carbocycles. The SMILES string of the molecule is CCCC[C@@](C)(OC)C(=O)Nc1ccc(OC)c(C#N)c1. The zero-order valence-electron chi connectivity index (χ0n) is 13.0. The van der Waals surface area contributed by atoms with Crippen LogP contribution in [0.1, 0.15) is 38.7 Å². The van der Waals surface area contributed by atoms with Gasteiger partial charge in [-0.1, -0.05) is 19.8 Å². The first-order valence-corrected chi connectivity index (χ1v) is 6.95. The first-order valence-electron chi connectivity index (χ1n) is 6.95. The van der Waals surface area contributed by atoms with Gasteiger partial charge in [0.15, 0.2) is 0 Å². The Morgan fingerprint density at radius 3 is 2.67 bits per heavy atom. The Bertz CT molecular complexity index is 537. The van der Waals surface area contributed by atoms with Crippen molar-refractivity contribution in [2.75, 3.05) is 19.5 Å². The molecule has 5 heteroatoms. The quantitative estimate of drug-likeness (QED) is 0.837. The maximum Gasteiger partial charge on any atom is 0.256 e. The molecular formula is C16H22N2O3. The van der Waals surface area contributed by atoms with Gasteiger partial charge in [0, 0.05) is 12.8 Å². The van der Waals surface area contributed by atoms with Crippen LogP contribution < -0.4 is 10.1 Å². The summed E-state index contributed by atoms with van der Waals surface area (Å²) in [7, 11) is 3.03. The van der Waals surface area contributed by atoms with Crippen LogP contribution in [-0.4, -0.2) is 25.7 Å². The predicted octanol–water partition coefficient (Wildman–Crippen LogP) is 3.10. The lowest BCUT2D eigenvalue weighted by Gasteiger charge is -2.26. The summed E-state index contributed by atoms with van der Waals surface area (Å²) < 4.78 is 10.5. The van der Waals surface area contributed by atoms with Crippen molar-refractivity contribution >= 4 is 11.6 Å². The Kier molecular flexibility index (Phi) is 6.19. The second-order valence-electron chi connectivity index (χ2n) is 5.02. The van der Waals surface area contributed by atoms with Crippen molar-refractivity contribution in [3.8, 4) is 11.8 Å². The number of methoxy groups -OCH3 is 2. The number of rotatable bonds is 7. The van der Waals surface area contributed by atoms with E-state index in [0.717, 1.165) is 12.8 Å². The number of unbranched alkanes of at least 4 members (excludes halogenated alkanes) is 1. The average Bonchev–Trinajstić information content (AvgIpc) is 2.52. The normalized spacial score (nSPS) is 13.1. The van der Waals surface area contributed by atoms with Crippen molar-refractivity contribution in [1.29, 1.82) is 5.26 Å². The molecule has 0 aromatic heterocycles. The highest BCUT2D eigenvalue weighted by Gasteiger charge is 2.32. The lowest BCUT2D eigenvalue weighted by molar-refractivity contribution is -0.136. The second kappa shape index (κ2) is 7.65. The lowest BCUT2D eigenvalue weighted by atomic mass is 9.97. The third-order valence-corrected chi connectivity index (χ3v) is 3.52. The van der Waals surface area contributed by atoms with Crippen molar-refractivity contribution in [3.63, 3.8) is 0 Å². The second-order valence-corrected chi connectivity index (χ2v) is 5.02. The summed E-state index contributed by atoms with van der Waals surface area (Å²) >= 11 is 0. The zero-order valence-corrected chi connectivity index (χ0v) is 13.0. The lowest BCUT2D eigenvalue weighted by Crippen LogP contribution is -2.41. The highest BCUT2D eigenvalue weighted by atomic mass is 16.5. The van der Waals surface area contributed by atoms with E-state index in [1.807, 2.05) is 6.07 Å². The number of nitrogens with zero attached hydrogens (tertiary/aromatic N) is 1. The standard InChI is InChI=1S/C16H22N2O3/c1-5-6-9-16(2,21-4)15(19)18-13-7-8-14(20-3)12(10-13)11-17/h7-8,10H,5-6,9H2,1-4H3,(H,18,19)/t16-/m1/s1. The molecule has 0 radical (unpaired) electrons. The smallest absolute Gasteiger partial charge is 0.256 e. The van der Waals surface area contributed by atoms with Gasteiger partial charge in [-0.05, 0) is 31.5 Å². The van der Waals surface area contributed by atoms with Gasteiger partial charge in [0.2, 0.25) is 0 Å². The minimum absolute atomic E-state index is 0.215. The summed E-state index contributed by atoms with van der Waals surface area (Å²) in [6, 6.07) is 6.99. The van der Waals surface area contributed by atoms with Crippen LogP contribution in [0, 0.1) is 11.3 Å². The third kappa shape index (κ3) is 4.20. The summed E-state index contributed by atoms with van der Waals surface area (Å²) in [6.07, 6.45) is 2.55. The fraction of sp³-hybridized carbons (Fsp3) is 0.500. The number of nitrogens with one attached hydrogen (secondary N) is 1. The molecule has 1 atom stereocenters. The number of carbonyl (C=O) groups excluding carboxylic acids is 1. The molecule has 1 amide bonds. The van der Waals surface area contributed by atoms with Crippen LogP contribution in [0.15, 0.2) is 18.2 Å². The van der Waals surface area contributed by atoms with E-state index >= 15 is 0 Å². The van der Waals surface area contributed by atoms with Crippen LogP contribution >= 0.6 is 0 Å². The molecule has 1 aromatic rings. The Balaban J connectivity index is 2.89. The Morgan fingerprint density at radius 2 is 2.14 bits per heavy atom. The molecule has 1 N–H and O–H groups in total. The molecule has 114 valence electrons. The fourth-order valence-corrected chi connectivity index (χ4v) is 1.96. The van der Waals surface area contributed by atoms with E-state index in [9.17, 15) is 4.79 Å². The van der Waals surface area contributed by atoms with E-state index in [-0.39, 0.29) is 5.91 Å². The van der Waals surface area contributed by atoms with Gasteiger partial charge < -0.3 is 14.8 Å². The van der Waals surface area contributed by atoms with Crippen LogP contribution in [0.4, 0.5) is 5.69 Å². The highest BCUT2D eigenvalue weighted by Crippen LogP contribution is 2.24. The Morgan fingerprint density at radius 1 is 1.43 bits per heavy atom. The van der Waals surface area contributed by atoms with Crippen LogP contribution in [0.2, 0.25) is 0 Å². The van der Waals surface area contributed by atoms with E-state index in [1.165, 1.54) is 14.2 Å². The minimum atomic E-state index is -0.872. The van der Waals surface area contributed by atoms with Crippen molar-refractivity contribution in [3.05, 3.63) is 23.8 Å². The molecule has 0 aliphatic heterocycles. The minimum Gasteiger partial charge on any atom is -0.495 e. The van der Waals surface area contributed by atoms with E-state index in [0.29, 0.717) is 23.4 Å². The molecule has 0 heterocycles. The maximum absolute atomic E-state index is 12.4. The largest absolute Gasteiger partial charge is 0.495 e. The fourth-order valence-electron chi connectivity index (χ4n) is 1.96. The number of benzene rings is 1. The molecule has 0 saturated heterocycles. The molecule has 0 aliphatic rings. The molecule has 0 spiro atoms. The Labute approximate surface area is 125 Å².